The second kappa shape index (κ2) is 5.51. The van der Waals surface area contributed by atoms with E-state index in [0.29, 0.717) is 12.0 Å². The summed E-state index contributed by atoms with van der Waals surface area (Å²) in [5.74, 6) is 0.597. The number of rotatable bonds is 3. The quantitative estimate of drug-likeness (QED) is 0.924. The second-order valence-corrected chi connectivity index (χ2v) is 5.70. The van der Waals surface area contributed by atoms with E-state index in [9.17, 15) is 0 Å². The van der Waals surface area contributed by atoms with Gasteiger partial charge in [0.1, 0.15) is 0 Å². The molecule has 94 valence electrons. The van der Waals surface area contributed by atoms with E-state index >= 15 is 0 Å². The summed E-state index contributed by atoms with van der Waals surface area (Å²) in [6.07, 6.45) is 1.15. The highest BCUT2D eigenvalue weighted by Crippen LogP contribution is 2.32. The Morgan fingerprint density at radius 2 is 2.12 bits per heavy atom. The molecule has 3 heteroatoms. The third-order valence-electron chi connectivity index (χ3n) is 3.63. The van der Waals surface area contributed by atoms with Crippen LogP contribution in [0.4, 0.5) is 0 Å². The van der Waals surface area contributed by atoms with Gasteiger partial charge in [-0.3, -0.25) is 0 Å². The van der Waals surface area contributed by atoms with Crippen LogP contribution in [-0.4, -0.2) is 20.3 Å². The Bertz CT molecular complexity index is 399. The fraction of sp³-hybridized carbons (Fsp3) is 0.571. The Labute approximate surface area is 112 Å². The molecule has 17 heavy (non-hydrogen) atoms. The summed E-state index contributed by atoms with van der Waals surface area (Å²) in [6.45, 7) is 6.10. The summed E-state index contributed by atoms with van der Waals surface area (Å²) in [7, 11) is 2.04. The van der Waals surface area contributed by atoms with E-state index in [2.05, 4.69) is 47.2 Å². The highest BCUT2D eigenvalue weighted by Gasteiger charge is 2.27. The lowest BCUT2D eigenvalue weighted by atomic mass is 9.89. The molecule has 0 saturated carbocycles. The van der Waals surface area contributed by atoms with Gasteiger partial charge >= 0.3 is 0 Å². The standard InChI is InChI=1S/C14H20BrNO/c1-9-7-13(15)10(2)6-12(9)14(16-3)11-4-5-17-8-11/h6-7,11,14,16H,4-5,8H2,1-3H3. The van der Waals surface area contributed by atoms with Gasteiger partial charge in [-0.15, -0.1) is 0 Å². The second-order valence-electron chi connectivity index (χ2n) is 4.85. The Morgan fingerprint density at radius 3 is 2.71 bits per heavy atom. The van der Waals surface area contributed by atoms with Crippen molar-refractivity contribution in [1.82, 2.24) is 5.32 Å². The molecule has 1 N–H and O–H groups in total. The van der Waals surface area contributed by atoms with Gasteiger partial charge in [0.25, 0.3) is 0 Å². The lowest BCUT2D eigenvalue weighted by Gasteiger charge is -2.24. The summed E-state index contributed by atoms with van der Waals surface area (Å²) in [5, 5.41) is 3.45. The van der Waals surface area contributed by atoms with Crippen LogP contribution in [0.3, 0.4) is 0 Å². The molecule has 0 spiro atoms. The van der Waals surface area contributed by atoms with Crippen molar-refractivity contribution >= 4 is 15.9 Å². The first-order chi connectivity index (χ1) is 8.13. The van der Waals surface area contributed by atoms with Gasteiger partial charge in [0.05, 0.1) is 6.61 Å². The van der Waals surface area contributed by atoms with Gasteiger partial charge in [-0.2, -0.15) is 0 Å². The molecule has 1 saturated heterocycles. The number of halogens is 1. The molecule has 1 aromatic rings. The lowest BCUT2D eigenvalue weighted by molar-refractivity contribution is 0.177. The first kappa shape index (κ1) is 13.1. The van der Waals surface area contributed by atoms with Crippen molar-refractivity contribution in [2.45, 2.75) is 26.3 Å². The zero-order chi connectivity index (χ0) is 12.4. The van der Waals surface area contributed by atoms with E-state index < -0.39 is 0 Å². The largest absolute Gasteiger partial charge is 0.381 e. The maximum absolute atomic E-state index is 5.51. The lowest BCUT2D eigenvalue weighted by Crippen LogP contribution is -2.26. The number of hydrogen-bond donors (Lipinski definition) is 1. The molecule has 0 aromatic heterocycles. The molecular formula is C14H20BrNO. The first-order valence-electron chi connectivity index (χ1n) is 6.15. The summed E-state index contributed by atoms with van der Waals surface area (Å²) in [6, 6.07) is 4.91. The Kier molecular flexibility index (Phi) is 4.23. The minimum absolute atomic E-state index is 0.407. The fourth-order valence-electron chi connectivity index (χ4n) is 2.60. The van der Waals surface area contributed by atoms with Crippen molar-refractivity contribution in [2.75, 3.05) is 20.3 Å². The molecule has 1 fully saturated rings. The molecule has 1 aliphatic heterocycles. The predicted octanol–water partition coefficient (Wildman–Crippen LogP) is 3.36. The van der Waals surface area contributed by atoms with Crippen LogP contribution in [0.15, 0.2) is 16.6 Å². The Morgan fingerprint density at radius 1 is 1.35 bits per heavy atom. The normalized spacial score (nSPS) is 21.8. The molecular weight excluding hydrogens is 278 g/mol. The van der Waals surface area contributed by atoms with Crippen molar-refractivity contribution in [3.63, 3.8) is 0 Å². The number of nitrogens with one attached hydrogen (secondary N) is 1. The number of benzene rings is 1. The predicted molar refractivity (Wildman–Crippen MR) is 74.3 cm³/mol. The van der Waals surface area contributed by atoms with Gasteiger partial charge in [-0.05, 0) is 50.1 Å². The maximum Gasteiger partial charge on any atom is 0.0513 e. The van der Waals surface area contributed by atoms with E-state index in [1.165, 1.54) is 21.2 Å². The van der Waals surface area contributed by atoms with Crippen LogP contribution in [0.5, 0.6) is 0 Å². The van der Waals surface area contributed by atoms with E-state index in [1.807, 2.05) is 7.05 Å². The fourth-order valence-corrected chi connectivity index (χ4v) is 3.06. The average molecular weight is 298 g/mol. The van der Waals surface area contributed by atoms with E-state index in [0.717, 1.165) is 19.6 Å². The van der Waals surface area contributed by atoms with Crippen LogP contribution in [0.2, 0.25) is 0 Å². The third kappa shape index (κ3) is 2.72. The van der Waals surface area contributed by atoms with Gasteiger partial charge in [0.15, 0.2) is 0 Å². The SMILES string of the molecule is CNC(c1cc(C)c(Br)cc1C)C1CCOC1. The summed E-state index contributed by atoms with van der Waals surface area (Å²) >= 11 is 3.59. The van der Waals surface area contributed by atoms with E-state index in [-0.39, 0.29) is 0 Å². The van der Waals surface area contributed by atoms with Crippen LogP contribution in [-0.2, 0) is 4.74 Å². The van der Waals surface area contributed by atoms with Gasteiger partial charge in [-0.25, -0.2) is 0 Å². The summed E-state index contributed by atoms with van der Waals surface area (Å²) in [4.78, 5) is 0. The number of ether oxygens (including phenoxy) is 1. The molecule has 0 radical (unpaired) electrons. The maximum atomic E-state index is 5.51. The summed E-state index contributed by atoms with van der Waals surface area (Å²) in [5.41, 5.74) is 4.04. The van der Waals surface area contributed by atoms with Crippen molar-refractivity contribution in [2.24, 2.45) is 5.92 Å². The van der Waals surface area contributed by atoms with Crippen LogP contribution < -0.4 is 5.32 Å². The molecule has 0 aliphatic carbocycles. The highest BCUT2D eigenvalue weighted by atomic mass is 79.9. The molecule has 2 unspecified atom stereocenters. The molecule has 1 heterocycles. The van der Waals surface area contributed by atoms with Crippen molar-refractivity contribution in [3.8, 4) is 0 Å². The monoisotopic (exact) mass is 297 g/mol. The minimum Gasteiger partial charge on any atom is -0.381 e. The van der Waals surface area contributed by atoms with Crippen molar-refractivity contribution in [1.29, 1.82) is 0 Å². The molecule has 2 rings (SSSR count). The number of aryl methyl sites for hydroxylation is 2. The van der Waals surface area contributed by atoms with Crippen LogP contribution in [0, 0.1) is 19.8 Å². The summed E-state index contributed by atoms with van der Waals surface area (Å²) < 4.78 is 6.70. The molecule has 0 bridgehead atoms. The van der Waals surface area contributed by atoms with Gasteiger partial charge in [-0.1, -0.05) is 22.0 Å². The van der Waals surface area contributed by atoms with Gasteiger partial charge in [0.2, 0.25) is 0 Å². The van der Waals surface area contributed by atoms with Crippen LogP contribution in [0.25, 0.3) is 0 Å². The molecule has 0 amide bonds. The first-order valence-corrected chi connectivity index (χ1v) is 6.94. The van der Waals surface area contributed by atoms with Crippen LogP contribution in [0.1, 0.15) is 29.2 Å². The zero-order valence-corrected chi connectivity index (χ0v) is 12.3. The van der Waals surface area contributed by atoms with Gasteiger partial charge in [0, 0.05) is 23.0 Å². The molecule has 2 nitrogen and oxygen atoms in total. The molecule has 2 atom stereocenters. The Hall–Kier alpha value is -0.380. The third-order valence-corrected chi connectivity index (χ3v) is 4.48. The Balaban J connectivity index is 2.32. The smallest absolute Gasteiger partial charge is 0.0513 e. The average Bonchev–Trinajstić information content (AvgIpc) is 2.80. The van der Waals surface area contributed by atoms with Crippen molar-refractivity contribution < 1.29 is 4.74 Å². The molecule has 1 aromatic carbocycles. The highest BCUT2D eigenvalue weighted by molar-refractivity contribution is 9.10. The van der Waals surface area contributed by atoms with E-state index in [4.69, 9.17) is 4.74 Å². The van der Waals surface area contributed by atoms with Gasteiger partial charge < -0.3 is 10.1 Å². The zero-order valence-electron chi connectivity index (χ0n) is 10.7. The topological polar surface area (TPSA) is 21.3 Å². The van der Waals surface area contributed by atoms with E-state index in [1.54, 1.807) is 0 Å². The van der Waals surface area contributed by atoms with Crippen molar-refractivity contribution in [3.05, 3.63) is 33.3 Å². The minimum atomic E-state index is 0.407. The molecule has 1 aliphatic rings. The van der Waals surface area contributed by atoms with Crippen LogP contribution >= 0.6 is 15.9 Å². The number of hydrogen-bond acceptors (Lipinski definition) is 2.